The average Bonchev–Trinajstić information content (AvgIpc) is 2.47. The van der Waals surface area contributed by atoms with Gasteiger partial charge in [0.1, 0.15) is 11.6 Å². The molecule has 1 N–H and O–H groups in total. The Balaban J connectivity index is 2.05. The molecular formula is C15H25N5O. The van der Waals surface area contributed by atoms with Gasteiger partial charge < -0.3 is 15.1 Å². The predicted octanol–water partition coefficient (Wildman–Crippen LogP) is 0.776. The van der Waals surface area contributed by atoms with Crippen molar-refractivity contribution in [1.29, 1.82) is 0 Å². The van der Waals surface area contributed by atoms with Gasteiger partial charge in [-0.3, -0.25) is 4.79 Å². The number of aryl methyl sites for hydroxylation is 1. The maximum absolute atomic E-state index is 12.3. The summed E-state index contributed by atoms with van der Waals surface area (Å²) < 4.78 is 0. The molecule has 6 heteroatoms. The molecule has 0 saturated carbocycles. The van der Waals surface area contributed by atoms with Gasteiger partial charge in [-0.2, -0.15) is 0 Å². The minimum atomic E-state index is 0.154. The van der Waals surface area contributed by atoms with Crippen molar-refractivity contribution in [1.82, 2.24) is 20.2 Å². The molecule has 21 heavy (non-hydrogen) atoms. The summed E-state index contributed by atoms with van der Waals surface area (Å²) in [6.07, 6.45) is 0. The summed E-state index contributed by atoms with van der Waals surface area (Å²) in [4.78, 5) is 25.1. The van der Waals surface area contributed by atoms with Crippen molar-refractivity contribution < 1.29 is 4.79 Å². The number of nitrogens with one attached hydrogen (secondary N) is 1. The van der Waals surface area contributed by atoms with Crippen molar-refractivity contribution in [2.24, 2.45) is 0 Å². The largest absolute Gasteiger partial charge is 0.350 e. The van der Waals surface area contributed by atoms with Crippen LogP contribution >= 0.6 is 0 Å². The Kier molecular flexibility index (Phi) is 5.12. The second-order valence-corrected chi connectivity index (χ2v) is 5.87. The van der Waals surface area contributed by atoms with E-state index in [0.29, 0.717) is 6.54 Å². The zero-order valence-corrected chi connectivity index (χ0v) is 13.4. The van der Waals surface area contributed by atoms with E-state index in [-0.39, 0.29) is 11.8 Å². The maximum atomic E-state index is 12.3. The lowest BCUT2D eigenvalue weighted by molar-refractivity contribution is -0.130. The number of likely N-dealkylation sites (N-methyl/N-ethyl adjacent to an activating group) is 1. The molecule has 1 saturated heterocycles. The highest BCUT2D eigenvalue weighted by atomic mass is 16.2. The molecule has 0 radical (unpaired) electrons. The Morgan fingerprint density at radius 3 is 2.67 bits per heavy atom. The Hall–Kier alpha value is -1.69. The number of hydrogen-bond acceptors (Lipinski definition) is 5. The summed E-state index contributed by atoms with van der Waals surface area (Å²) in [6.45, 7) is 9.78. The number of carbonyl (C=O) groups is 1. The number of piperazine rings is 1. The van der Waals surface area contributed by atoms with Crippen LogP contribution in [-0.4, -0.2) is 60.5 Å². The fourth-order valence-corrected chi connectivity index (χ4v) is 2.33. The van der Waals surface area contributed by atoms with Gasteiger partial charge in [-0.05, 0) is 6.92 Å². The van der Waals surface area contributed by atoms with Crippen LogP contribution in [0.1, 0.15) is 31.3 Å². The highest BCUT2D eigenvalue weighted by Gasteiger charge is 2.19. The molecule has 0 unspecified atom stereocenters. The van der Waals surface area contributed by atoms with Gasteiger partial charge in [0, 0.05) is 50.9 Å². The topological polar surface area (TPSA) is 61.4 Å². The van der Waals surface area contributed by atoms with Crippen LogP contribution in [0.4, 0.5) is 5.82 Å². The molecule has 0 bridgehead atoms. The van der Waals surface area contributed by atoms with Crippen LogP contribution in [0.15, 0.2) is 6.07 Å². The van der Waals surface area contributed by atoms with E-state index in [1.165, 1.54) is 0 Å². The summed E-state index contributed by atoms with van der Waals surface area (Å²) in [5, 5.41) is 3.25. The first kappa shape index (κ1) is 15.7. The van der Waals surface area contributed by atoms with Crippen molar-refractivity contribution >= 4 is 11.7 Å². The number of aromatic nitrogens is 2. The summed E-state index contributed by atoms with van der Waals surface area (Å²) in [5.74, 6) is 2.07. The molecule has 0 aromatic carbocycles. The molecule has 1 amide bonds. The predicted molar refractivity (Wildman–Crippen MR) is 83.6 cm³/mol. The van der Waals surface area contributed by atoms with Gasteiger partial charge in [-0.25, -0.2) is 9.97 Å². The molecule has 1 aromatic rings. The molecule has 2 heterocycles. The molecule has 116 valence electrons. The third-order valence-corrected chi connectivity index (χ3v) is 3.61. The summed E-state index contributed by atoms with van der Waals surface area (Å²) >= 11 is 0. The SMILES string of the molecule is Cc1cc(N(C)CC(=O)N2CCNCC2)nc(C(C)C)n1. The molecule has 1 aliphatic rings. The van der Waals surface area contributed by atoms with Crippen molar-refractivity contribution in [3.63, 3.8) is 0 Å². The first-order chi connectivity index (χ1) is 9.97. The van der Waals surface area contributed by atoms with Crippen LogP contribution in [0.5, 0.6) is 0 Å². The van der Waals surface area contributed by atoms with E-state index >= 15 is 0 Å². The van der Waals surface area contributed by atoms with E-state index in [9.17, 15) is 4.79 Å². The lowest BCUT2D eigenvalue weighted by Crippen LogP contribution is -2.49. The van der Waals surface area contributed by atoms with E-state index in [1.54, 1.807) is 0 Å². The Labute approximate surface area is 126 Å². The van der Waals surface area contributed by atoms with Gasteiger partial charge in [0.25, 0.3) is 0 Å². The van der Waals surface area contributed by atoms with Gasteiger partial charge in [-0.15, -0.1) is 0 Å². The van der Waals surface area contributed by atoms with Gasteiger partial charge in [-0.1, -0.05) is 13.8 Å². The smallest absolute Gasteiger partial charge is 0.242 e. The van der Waals surface area contributed by atoms with Crippen molar-refractivity contribution in [2.45, 2.75) is 26.7 Å². The van der Waals surface area contributed by atoms with Crippen molar-refractivity contribution in [3.05, 3.63) is 17.6 Å². The number of anilines is 1. The van der Waals surface area contributed by atoms with Crippen LogP contribution in [0, 0.1) is 6.92 Å². The highest BCUT2D eigenvalue weighted by molar-refractivity contribution is 5.81. The Bertz CT molecular complexity index is 497. The highest BCUT2D eigenvalue weighted by Crippen LogP contribution is 2.16. The summed E-state index contributed by atoms with van der Waals surface area (Å²) in [5.41, 5.74) is 0.935. The molecule has 1 fully saturated rings. The normalized spacial score (nSPS) is 15.4. The third-order valence-electron chi connectivity index (χ3n) is 3.61. The number of rotatable bonds is 4. The van der Waals surface area contributed by atoms with Gasteiger partial charge in [0.15, 0.2) is 0 Å². The minimum absolute atomic E-state index is 0.154. The van der Waals surface area contributed by atoms with Crippen LogP contribution in [0.2, 0.25) is 0 Å². The third kappa shape index (κ3) is 4.14. The first-order valence-electron chi connectivity index (χ1n) is 7.52. The Morgan fingerprint density at radius 2 is 2.05 bits per heavy atom. The molecule has 0 atom stereocenters. The monoisotopic (exact) mass is 291 g/mol. The van der Waals surface area contributed by atoms with Crippen molar-refractivity contribution in [3.8, 4) is 0 Å². The minimum Gasteiger partial charge on any atom is -0.350 e. The second-order valence-electron chi connectivity index (χ2n) is 5.87. The van der Waals surface area contributed by atoms with Crippen LogP contribution in [-0.2, 0) is 4.79 Å². The van der Waals surface area contributed by atoms with E-state index in [2.05, 4.69) is 29.1 Å². The van der Waals surface area contributed by atoms with E-state index in [0.717, 1.165) is 43.5 Å². The number of nitrogens with zero attached hydrogens (tertiary/aromatic N) is 4. The van der Waals surface area contributed by atoms with Gasteiger partial charge >= 0.3 is 0 Å². The molecule has 1 aliphatic heterocycles. The molecule has 1 aromatic heterocycles. The van der Waals surface area contributed by atoms with Crippen molar-refractivity contribution in [2.75, 3.05) is 44.7 Å². The van der Waals surface area contributed by atoms with Crippen LogP contribution < -0.4 is 10.2 Å². The zero-order chi connectivity index (χ0) is 15.4. The van der Waals surface area contributed by atoms with Gasteiger partial charge in [0.2, 0.25) is 5.91 Å². The number of amides is 1. The second kappa shape index (κ2) is 6.85. The van der Waals surface area contributed by atoms with Crippen LogP contribution in [0.25, 0.3) is 0 Å². The molecular weight excluding hydrogens is 266 g/mol. The molecule has 2 rings (SSSR count). The summed E-state index contributed by atoms with van der Waals surface area (Å²) in [6, 6.07) is 1.93. The summed E-state index contributed by atoms with van der Waals surface area (Å²) in [7, 11) is 1.91. The number of carbonyl (C=O) groups excluding carboxylic acids is 1. The molecule has 6 nitrogen and oxygen atoms in total. The van der Waals surface area contributed by atoms with E-state index in [4.69, 9.17) is 0 Å². The van der Waals surface area contributed by atoms with E-state index < -0.39 is 0 Å². The first-order valence-corrected chi connectivity index (χ1v) is 7.52. The maximum Gasteiger partial charge on any atom is 0.242 e. The molecule has 0 aliphatic carbocycles. The standard InChI is InChI=1S/C15H25N5O/c1-11(2)15-17-12(3)9-13(18-15)19(4)10-14(21)20-7-5-16-6-8-20/h9,11,16H,5-8,10H2,1-4H3. The fraction of sp³-hybridized carbons (Fsp3) is 0.667. The van der Waals surface area contributed by atoms with Gasteiger partial charge in [0.05, 0.1) is 6.54 Å². The quantitative estimate of drug-likeness (QED) is 0.888. The molecule has 0 spiro atoms. The fourth-order valence-electron chi connectivity index (χ4n) is 2.33. The lowest BCUT2D eigenvalue weighted by atomic mass is 10.2. The Morgan fingerprint density at radius 1 is 1.38 bits per heavy atom. The number of hydrogen-bond donors (Lipinski definition) is 1. The van der Waals surface area contributed by atoms with Crippen LogP contribution in [0.3, 0.4) is 0 Å². The average molecular weight is 291 g/mol. The lowest BCUT2D eigenvalue weighted by Gasteiger charge is -2.29. The zero-order valence-electron chi connectivity index (χ0n) is 13.4. The van der Waals surface area contributed by atoms with E-state index in [1.807, 2.05) is 29.8 Å².